The van der Waals surface area contributed by atoms with Gasteiger partial charge in [-0.3, -0.25) is 0 Å². The third kappa shape index (κ3) is 7.16. The predicted molar refractivity (Wildman–Crippen MR) is 265 cm³/mol. The van der Waals surface area contributed by atoms with Gasteiger partial charge in [0.25, 0.3) is 0 Å². The largest absolute Gasteiger partial charge is 0.337 e. The molecule has 62 heavy (non-hydrogen) atoms. The minimum absolute atomic E-state index is 0.0321. The van der Waals surface area contributed by atoms with Crippen LogP contribution in [0.15, 0.2) is 133 Å². The molecule has 4 aromatic carbocycles. The molecule has 4 nitrogen and oxygen atoms in total. The summed E-state index contributed by atoms with van der Waals surface area (Å²) in [5.41, 5.74) is 14.1. The highest BCUT2D eigenvalue weighted by Gasteiger charge is 2.37. The highest BCUT2D eigenvalue weighted by molar-refractivity contribution is 7.17. The Hall–Kier alpha value is -6.17. The molecule has 0 spiro atoms. The molecule has 1 atom stereocenters. The molecule has 3 heterocycles. The van der Waals surface area contributed by atoms with Crippen LogP contribution in [0.2, 0.25) is 0 Å². The third-order valence-electron chi connectivity index (χ3n) is 13.3. The Balaban J connectivity index is 1.12. The lowest BCUT2D eigenvalue weighted by molar-refractivity contribution is 0.649. The quantitative estimate of drug-likeness (QED) is 0.136. The van der Waals surface area contributed by atoms with Gasteiger partial charge in [0.2, 0.25) is 0 Å². The van der Waals surface area contributed by atoms with Crippen LogP contribution in [-0.2, 0) is 12.0 Å². The van der Waals surface area contributed by atoms with Crippen molar-refractivity contribution in [2.45, 2.75) is 91.0 Å². The van der Waals surface area contributed by atoms with Crippen LogP contribution in [0.5, 0.6) is 0 Å². The number of benzene rings is 4. The van der Waals surface area contributed by atoms with Gasteiger partial charge in [-0.05, 0) is 127 Å². The molecule has 0 saturated carbocycles. The Morgan fingerprint density at radius 1 is 0.790 bits per heavy atom. The highest BCUT2D eigenvalue weighted by Crippen LogP contribution is 2.51. The van der Waals surface area contributed by atoms with E-state index < -0.39 is 0 Å². The SMILES string of the molecule is C/C=C\C=C/Cn1c(/C=C\C(C)c2cc(-c3nc(-c4ccccc4)nc(-c4ccccc4)n3)c3sc4c(c3c2)=CCCC=4)c(C)c2cc3c(cc21)C(C)(C)C1=C3CCCCC=C1. The molecule has 0 fully saturated rings. The number of rotatable bonds is 9. The van der Waals surface area contributed by atoms with Crippen molar-refractivity contribution in [1.82, 2.24) is 19.5 Å². The Labute approximate surface area is 369 Å². The van der Waals surface area contributed by atoms with Crippen LogP contribution in [0, 0.1) is 6.92 Å². The Morgan fingerprint density at radius 2 is 1.52 bits per heavy atom. The van der Waals surface area contributed by atoms with Gasteiger partial charge in [-0.1, -0.05) is 136 Å². The normalized spacial score (nSPS) is 16.5. The molecule has 1 unspecified atom stereocenters. The number of aromatic nitrogens is 4. The fraction of sp³-hybridized carbons (Fsp3) is 0.246. The van der Waals surface area contributed by atoms with Gasteiger partial charge in [0.15, 0.2) is 17.5 Å². The van der Waals surface area contributed by atoms with Crippen LogP contribution in [0.4, 0.5) is 0 Å². The van der Waals surface area contributed by atoms with Crippen LogP contribution < -0.4 is 9.75 Å². The second kappa shape index (κ2) is 16.6. The summed E-state index contributed by atoms with van der Waals surface area (Å²) in [6.07, 6.45) is 30.1. The first kappa shape index (κ1) is 39.9. The Bertz CT molecular complexity index is 3090. The first-order valence-corrected chi connectivity index (χ1v) is 23.3. The van der Waals surface area contributed by atoms with E-state index in [4.69, 9.17) is 15.0 Å². The molecule has 10 rings (SSSR count). The lowest BCUT2D eigenvalue weighted by Crippen LogP contribution is -2.20. The van der Waals surface area contributed by atoms with Crippen LogP contribution >= 0.6 is 11.3 Å². The van der Waals surface area contributed by atoms with Crippen molar-refractivity contribution in [3.8, 4) is 34.2 Å². The van der Waals surface area contributed by atoms with E-state index in [-0.39, 0.29) is 11.3 Å². The molecule has 7 aromatic rings. The number of nitrogens with zero attached hydrogens (tertiary/aromatic N) is 4. The Kier molecular flexibility index (Phi) is 10.7. The summed E-state index contributed by atoms with van der Waals surface area (Å²) >= 11 is 1.86. The van der Waals surface area contributed by atoms with Gasteiger partial charge in [0.1, 0.15) is 0 Å². The van der Waals surface area contributed by atoms with Gasteiger partial charge in [-0.2, -0.15) is 0 Å². The number of allylic oxidation sites excluding steroid dienone is 9. The van der Waals surface area contributed by atoms with Gasteiger partial charge in [-0.25, -0.2) is 15.0 Å². The maximum absolute atomic E-state index is 5.23. The van der Waals surface area contributed by atoms with Gasteiger partial charge in [-0.15, -0.1) is 11.3 Å². The van der Waals surface area contributed by atoms with Crippen molar-refractivity contribution in [2.24, 2.45) is 0 Å². The number of hydrogen-bond donors (Lipinski definition) is 0. The summed E-state index contributed by atoms with van der Waals surface area (Å²) in [6.45, 7) is 12.4. The zero-order valence-electron chi connectivity index (χ0n) is 36.6. The van der Waals surface area contributed by atoms with E-state index in [0.717, 1.165) is 42.5 Å². The van der Waals surface area contributed by atoms with Gasteiger partial charge >= 0.3 is 0 Å². The van der Waals surface area contributed by atoms with Crippen LogP contribution in [-0.4, -0.2) is 19.5 Å². The van der Waals surface area contributed by atoms with Crippen molar-refractivity contribution >= 4 is 56.1 Å². The summed E-state index contributed by atoms with van der Waals surface area (Å²) < 4.78 is 5.10. The van der Waals surface area contributed by atoms with Crippen LogP contribution in [0.3, 0.4) is 0 Å². The van der Waals surface area contributed by atoms with Crippen LogP contribution in [0.1, 0.15) is 100 Å². The zero-order valence-corrected chi connectivity index (χ0v) is 37.4. The fourth-order valence-corrected chi connectivity index (χ4v) is 11.2. The van der Waals surface area contributed by atoms with E-state index in [1.807, 2.05) is 47.7 Å². The van der Waals surface area contributed by atoms with Crippen LogP contribution in [0.25, 0.3) is 79.0 Å². The maximum atomic E-state index is 5.23. The minimum Gasteiger partial charge on any atom is -0.337 e. The summed E-state index contributed by atoms with van der Waals surface area (Å²) in [5, 5.41) is 3.98. The molecule has 0 saturated heterocycles. The Morgan fingerprint density at radius 3 is 2.26 bits per heavy atom. The zero-order chi connectivity index (χ0) is 42.4. The van der Waals surface area contributed by atoms with Gasteiger partial charge < -0.3 is 4.57 Å². The number of hydrogen-bond acceptors (Lipinski definition) is 4. The standard InChI is InChI=1S/C57H54N4S/c1-6-7-8-21-32-61-50(38(3)44-35-45-42-26-17-9-10-18-28-48(42)57(4,5)49(45)36-51(44)61)31-30-37(2)41-33-46-43-27-19-20-29-52(43)62-53(46)47(34-41)56-59-54(39-22-13-11-14-23-39)58-55(60-56)40-24-15-12-16-25-40/h6-8,11-16,18,21-25,27-31,33-37H,9-10,17,19-20,26,32H2,1-5H3/b7-6-,21-8-,28-18?,31-30-. The average Bonchev–Trinajstić information content (AvgIpc) is 3.86. The van der Waals surface area contributed by atoms with Crippen molar-refractivity contribution < 1.29 is 0 Å². The van der Waals surface area contributed by atoms with Gasteiger partial charge in [0, 0.05) is 59.9 Å². The highest BCUT2D eigenvalue weighted by atomic mass is 32.1. The van der Waals surface area contributed by atoms with E-state index in [0.29, 0.717) is 17.5 Å². The molecule has 0 aliphatic heterocycles. The fourth-order valence-electron chi connectivity index (χ4n) is 9.90. The lowest BCUT2D eigenvalue weighted by atomic mass is 9.80. The molecule has 0 amide bonds. The summed E-state index contributed by atoms with van der Waals surface area (Å²) in [7, 11) is 0. The molecule has 3 aliphatic rings. The maximum Gasteiger partial charge on any atom is 0.165 e. The molecule has 0 radical (unpaired) electrons. The first-order valence-electron chi connectivity index (χ1n) is 22.5. The smallest absolute Gasteiger partial charge is 0.165 e. The summed E-state index contributed by atoms with van der Waals surface area (Å²) in [6, 6.07) is 30.4. The summed E-state index contributed by atoms with van der Waals surface area (Å²) in [4.78, 5) is 15.5. The second-order valence-electron chi connectivity index (χ2n) is 17.7. The molecule has 3 aliphatic carbocycles. The first-order chi connectivity index (χ1) is 30.3. The molecule has 5 heteroatoms. The molecule has 3 aromatic heterocycles. The monoisotopic (exact) mass is 826 g/mol. The van der Waals surface area contributed by atoms with Gasteiger partial charge in [0.05, 0.1) is 0 Å². The average molecular weight is 827 g/mol. The number of thiophene rings is 1. The molecular formula is C57H54N4S. The van der Waals surface area contributed by atoms with E-state index in [2.05, 4.69) is 148 Å². The number of aryl methyl sites for hydroxylation is 1. The van der Waals surface area contributed by atoms with E-state index in [1.165, 1.54) is 83.5 Å². The molecule has 0 bridgehead atoms. The van der Waals surface area contributed by atoms with Crippen molar-refractivity contribution in [3.05, 3.63) is 171 Å². The molecule has 0 N–H and O–H groups in total. The van der Waals surface area contributed by atoms with Crippen molar-refractivity contribution in [3.63, 3.8) is 0 Å². The van der Waals surface area contributed by atoms with E-state index in [9.17, 15) is 0 Å². The second-order valence-corrected chi connectivity index (χ2v) is 18.7. The predicted octanol–water partition coefficient (Wildman–Crippen LogP) is 13.8. The summed E-state index contributed by atoms with van der Waals surface area (Å²) in [5.74, 6) is 2.19. The van der Waals surface area contributed by atoms with Crippen molar-refractivity contribution in [2.75, 3.05) is 0 Å². The molecular weight excluding hydrogens is 773 g/mol. The van der Waals surface area contributed by atoms with Crippen molar-refractivity contribution in [1.29, 1.82) is 0 Å². The molecule has 308 valence electrons. The topological polar surface area (TPSA) is 43.6 Å². The number of fused-ring (bicyclic) bond motifs is 6. The van der Waals surface area contributed by atoms with E-state index >= 15 is 0 Å². The lowest BCUT2D eigenvalue weighted by Gasteiger charge is -2.23. The minimum atomic E-state index is -0.0321. The van der Waals surface area contributed by atoms with E-state index in [1.54, 1.807) is 5.57 Å². The third-order valence-corrected chi connectivity index (χ3v) is 14.5.